The molecule has 2 rings (SSSR count). The van der Waals surface area contributed by atoms with E-state index in [-0.39, 0.29) is 23.5 Å². The first-order chi connectivity index (χ1) is 8.96. The molecule has 1 aliphatic heterocycles. The molecule has 0 spiro atoms. The van der Waals surface area contributed by atoms with E-state index in [4.69, 9.17) is 10.5 Å². The van der Waals surface area contributed by atoms with Crippen LogP contribution in [0.5, 0.6) is 0 Å². The van der Waals surface area contributed by atoms with Crippen molar-refractivity contribution in [2.45, 2.75) is 25.1 Å². The number of nitrogens with two attached hydrogens (primary N) is 1. The Kier molecular flexibility index (Phi) is 4.60. The number of hydrogen-bond acceptors (Lipinski definition) is 4. The first-order valence-electron chi connectivity index (χ1n) is 6.55. The largest absolute Gasteiger partial charge is 0.381 e. The molecule has 0 aliphatic carbocycles. The normalized spacial score (nSPS) is 21.5. The minimum atomic E-state index is -3.17. The molecule has 0 saturated carbocycles. The standard InChI is InChI=1S/C14H21NO3S/c1-11-3-2-4-12(7-11)9-19(16,17)10-14(15)13-5-6-18-8-13/h2-4,7,13-14H,5-6,8-10,15H2,1H3. The third-order valence-corrected chi connectivity index (χ3v) is 5.15. The highest BCUT2D eigenvalue weighted by Gasteiger charge is 2.27. The molecule has 2 N–H and O–H groups in total. The van der Waals surface area contributed by atoms with Gasteiger partial charge < -0.3 is 10.5 Å². The van der Waals surface area contributed by atoms with Gasteiger partial charge in [-0.3, -0.25) is 0 Å². The molecule has 106 valence electrons. The Morgan fingerprint density at radius 1 is 1.47 bits per heavy atom. The molecule has 4 nitrogen and oxygen atoms in total. The molecule has 0 aromatic heterocycles. The van der Waals surface area contributed by atoms with E-state index in [1.54, 1.807) is 0 Å². The lowest BCUT2D eigenvalue weighted by atomic mass is 10.0. The van der Waals surface area contributed by atoms with Gasteiger partial charge in [-0.05, 0) is 18.9 Å². The van der Waals surface area contributed by atoms with Crippen LogP contribution in [0.4, 0.5) is 0 Å². The number of hydrogen-bond donors (Lipinski definition) is 1. The summed E-state index contributed by atoms with van der Waals surface area (Å²) < 4.78 is 29.6. The lowest BCUT2D eigenvalue weighted by Crippen LogP contribution is -2.37. The van der Waals surface area contributed by atoms with Gasteiger partial charge in [0.05, 0.1) is 18.1 Å². The van der Waals surface area contributed by atoms with Crippen LogP contribution in [0.3, 0.4) is 0 Å². The molecule has 0 amide bonds. The average Bonchev–Trinajstić information content (AvgIpc) is 2.80. The van der Waals surface area contributed by atoms with E-state index >= 15 is 0 Å². The van der Waals surface area contributed by atoms with Crippen molar-refractivity contribution in [2.75, 3.05) is 19.0 Å². The van der Waals surface area contributed by atoms with Crippen molar-refractivity contribution in [3.8, 4) is 0 Å². The topological polar surface area (TPSA) is 69.4 Å². The zero-order valence-electron chi connectivity index (χ0n) is 11.2. The van der Waals surface area contributed by atoms with Crippen LogP contribution in [0.25, 0.3) is 0 Å². The van der Waals surface area contributed by atoms with E-state index in [2.05, 4.69) is 0 Å². The van der Waals surface area contributed by atoms with Crippen LogP contribution in [-0.4, -0.2) is 33.4 Å². The van der Waals surface area contributed by atoms with E-state index in [0.717, 1.165) is 17.5 Å². The molecule has 0 radical (unpaired) electrons. The molecular formula is C14H21NO3S. The maximum Gasteiger partial charge on any atom is 0.155 e. The lowest BCUT2D eigenvalue weighted by molar-refractivity contribution is 0.182. The molecule has 2 unspecified atom stereocenters. The second-order valence-corrected chi connectivity index (χ2v) is 7.44. The molecule has 1 saturated heterocycles. The van der Waals surface area contributed by atoms with Gasteiger partial charge in [0.15, 0.2) is 9.84 Å². The Bertz CT molecular complexity index is 521. The second-order valence-electron chi connectivity index (χ2n) is 5.33. The van der Waals surface area contributed by atoms with Crippen LogP contribution in [-0.2, 0) is 20.3 Å². The van der Waals surface area contributed by atoms with Crippen LogP contribution in [0.15, 0.2) is 24.3 Å². The molecule has 19 heavy (non-hydrogen) atoms. The third-order valence-electron chi connectivity index (χ3n) is 3.49. The maximum atomic E-state index is 12.2. The van der Waals surface area contributed by atoms with Gasteiger partial charge in [0, 0.05) is 18.6 Å². The third kappa shape index (κ3) is 4.30. The summed E-state index contributed by atoms with van der Waals surface area (Å²) in [5.74, 6) is 0.276. The zero-order chi connectivity index (χ0) is 13.9. The summed E-state index contributed by atoms with van der Waals surface area (Å²) in [7, 11) is -3.17. The summed E-state index contributed by atoms with van der Waals surface area (Å²) >= 11 is 0. The lowest BCUT2D eigenvalue weighted by Gasteiger charge is -2.17. The van der Waals surface area contributed by atoms with Gasteiger partial charge in [0.25, 0.3) is 0 Å². The molecule has 1 aliphatic rings. The summed E-state index contributed by atoms with van der Waals surface area (Å²) in [6.45, 7) is 3.23. The predicted octanol–water partition coefficient (Wildman–Crippen LogP) is 1.27. The summed E-state index contributed by atoms with van der Waals surface area (Å²) in [5.41, 5.74) is 7.89. The molecule has 1 aromatic rings. The van der Waals surface area contributed by atoms with Gasteiger partial charge in [0.1, 0.15) is 0 Å². The Hall–Kier alpha value is -0.910. The van der Waals surface area contributed by atoms with Crippen molar-refractivity contribution < 1.29 is 13.2 Å². The van der Waals surface area contributed by atoms with Gasteiger partial charge in [-0.1, -0.05) is 29.8 Å². The van der Waals surface area contributed by atoms with Gasteiger partial charge >= 0.3 is 0 Å². The molecule has 1 fully saturated rings. The Morgan fingerprint density at radius 3 is 2.89 bits per heavy atom. The fourth-order valence-corrected chi connectivity index (χ4v) is 4.10. The average molecular weight is 283 g/mol. The molecule has 2 atom stereocenters. The number of benzene rings is 1. The first kappa shape index (κ1) is 14.5. The van der Waals surface area contributed by atoms with Crippen molar-refractivity contribution in [3.05, 3.63) is 35.4 Å². The van der Waals surface area contributed by atoms with E-state index in [0.29, 0.717) is 13.2 Å². The SMILES string of the molecule is Cc1cccc(CS(=O)(=O)CC(N)C2CCOC2)c1. The summed E-state index contributed by atoms with van der Waals surface area (Å²) in [5, 5.41) is 0. The van der Waals surface area contributed by atoms with Crippen LogP contribution >= 0.6 is 0 Å². The number of ether oxygens (including phenoxy) is 1. The fourth-order valence-electron chi connectivity index (χ4n) is 2.43. The van der Waals surface area contributed by atoms with Gasteiger partial charge in [0.2, 0.25) is 0 Å². The quantitative estimate of drug-likeness (QED) is 0.883. The Balaban J connectivity index is 1.98. The van der Waals surface area contributed by atoms with Crippen molar-refractivity contribution in [1.29, 1.82) is 0 Å². The van der Waals surface area contributed by atoms with Crippen LogP contribution < -0.4 is 5.73 Å². The highest BCUT2D eigenvalue weighted by atomic mass is 32.2. The molecule has 0 bridgehead atoms. The number of aryl methyl sites for hydroxylation is 1. The Morgan fingerprint density at radius 2 is 2.26 bits per heavy atom. The predicted molar refractivity (Wildman–Crippen MR) is 75.6 cm³/mol. The molecule has 1 heterocycles. The van der Waals surface area contributed by atoms with Crippen molar-refractivity contribution in [3.63, 3.8) is 0 Å². The van der Waals surface area contributed by atoms with E-state index < -0.39 is 9.84 Å². The number of sulfone groups is 1. The molecular weight excluding hydrogens is 262 g/mol. The highest BCUT2D eigenvalue weighted by molar-refractivity contribution is 7.90. The van der Waals surface area contributed by atoms with E-state index in [9.17, 15) is 8.42 Å². The van der Waals surface area contributed by atoms with Crippen molar-refractivity contribution in [1.82, 2.24) is 0 Å². The van der Waals surface area contributed by atoms with E-state index in [1.165, 1.54) is 0 Å². The van der Waals surface area contributed by atoms with Gasteiger partial charge in [-0.15, -0.1) is 0 Å². The minimum absolute atomic E-state index is 0.0367. The first-order valence-corrected chi connectivity index (χ1v) is 8.38. The molecule has 5 heteroatoms. The highest BCUT2D eigenvalue weighted by Crippen LogP contribution is 2.18. The van der Waals surface area contributed by atoms with E-state index in [1.807, 2.05) is 31.2 Å². The second kappa shape index (κ2) is 6.03. The monoisotopic (exact) mass is 283 g/mol. The van der Waals surface area contributed by atoms with Gasteiger partial charge in [-0.25, -0.2) is 8.42 Å². The smallest absolute Gasteiger partial charge is 0.155 e. The van der Waals surface area contributed by atoms with Gasteiger partial charge in [-0.2, -0.15) is 0 Å². The maximum absolute atomic E-state index is 12.2. The van der Waals surface area contributed by atoms with Crippen LogP contribution in [0, 0.1) is 12.8 Å². The fraction of sp³-hybridized carbons (Fsp3) is 0.571. The van der Waals surface area contributed by atoms with Crippen LogP contribution in [0.1, 0.15) is 17.5 Å². The Labute approximate surface area is 114 Å². The van der Waals surface area contributed by atoms with Crippen molar-refractivity contribution >= 4 is 9.84 Å². The minimum Gasteiger partial charge on any atom is -0.381 e. The molecule has 1 aromatic carbocycles. The summed E-state index contributed by atoms with van der Waals surface area (Å²) in [4.78, 5) is 0. The summed E-state index contributed by atoms with van der Waals surface area (Å²) in [6.07, 6.45) is 0.862. The zero-order valence-corrected chi connectivity index (χ0v) is 12.0. The van der Waals surface area contributed by atoms with Crippen LogP contribution in [0.2, 0.25) is 0 Å². The van der Waals surface area contributed by atoms with Crippen molar-refractivity contribution in [2.24, 2.45) is 11.7 Å². The number of rotatable bonds is 5. The summed E-state index contributed by atoms with van der Waals surface area (Å²) in [6, 6.07) is 7.26.